The Morgan fingerprint density at radius 2 is 2.26 bits per heavy atom. The van der Waals surface area contributed by atoms with Gasteiger partial charge in [0.2, 0.25) is 5.91 Å². The lowest BCUT2D eigenvalue weighted by Gasteiger charge is -2.42. The summed E-state index contributed by atoms with van der Waals surface area (Å²) >= 11 is 0. The van der Waals surface area contributed by atoms with Crippen LogP contribution in [0.15, 0.2) is 18.3 Å². The molecule has 1 fully saturated rings. The number of nitrogens with zero attached hydrogens (tertiary/aromatic N) is 2. The van der Waals surface area contributed by atoms with Crippen molar-refractivity contribution in [2.24, 2.45) is 0 Å². The van der Waals surface area contributed by atoms with Gasteiger partial charge in [-0.3, -0.25) is 4.79 Å². The summed E-state index contributed by atoms with van der Waals surface area (Å²) in [6.07, 6.45) is 1.55. The van der Waals surface area contributed by atoms with Crippen LogP contribution in [0.4, 0.5) is 5.82 Å². The van der Waals surface area contributed by atoms with Gasteiger partial charge in [0.05, 0.1) is 12.7 Å². The van der Waals surface area contributed by atoms with E-state index in [9.17, 15) is 9.59 Å². The standard InChI is InChI=1S/C13H17N3O3/c1-13(2)12(18)15-6-7-16(13)10-8-9(4-5-14-10)11(17)19-3/h4-5,8H,6-7H2,1-3H3,(H,15,18). The van der Waals surface area contributed by atoms with Crippen LogP contribution >= 0.6 is 0 Å². The highest BCUT2D eigenvalue weighted by molar-refractivity contribution is 5.92. The Morgan fingerprint density at radius 1 is 1.53 bits per heavy atom. The molecule has 6 heteroatoms. The topological polar surface area (TPSA) is 71.5 Å². The minimum atomic E-state index is -0.694. The lowest BCUT2D eigenvalue weighted by atomic mass is 9.99. The second kappa shape index (κ2) is 4.87. The van der Waals surface area contributed by atoms with E-state index in [4.69, 9.17) is 0 Å². The minimum Gasteiger partial charge on any atom is -0.465 e. The zero-order valence-corrected chi connectivity index (χ0v) is 11.3. The molecule has 1 aromatic heterocycles. The normalized spacial score (nSPS) is 17.8. The van der Waals surface area contributed by atoms with E-state index in [0.29, 0.717) is 24.5 Å². The molecule has 0 atom stereocenters. The van der Waals surface area contributed by atoms with Crippen LogP contribution in [0, 0.1) is 0 Å². The molecule has 1 aliphatic rings. The predicted octanol–water partition coefficient (Wildman–Crippen LogP) is 0.583. The third-order valence-corrected chi connectivity index (χ3v) is 3.29. The molecule has 0 spiro atoms. The van der Waals surface area contributed by atoms with E-state index in [1.807, 2.05) is 18.7 Å². The number of esters is 1. The Morgan fingerprint density at radius 3 is 2.95 bits per heavy atom. The molecule has 19 heavy (non-hydrogen) atoms. The molecule has 1 amide bonds. The number of methoxy groups -OCH3 is 1. The summed E-state index contributed by atoms with van der Waals surface area (Å²) < 4.78 is 4.69. The van der Waals surface area contributed by atoms with Crippen LogP contribution < -0.4 is 10.2 Å². The molecule has 0 unspecified atom stereocenters. The van der Waals surface area contributed by atoms with Crippen LogP contribution in [0.1, 0.15) is 24.2 Å². The van der Waals surface area contributed by atoms with E-state index in [1.54, 1.807) is 18.3 Å². The quantitative estimate of drug-likeness (QED) is 0.790. The zero-order chi connectivity index (χ0) is 14.0. The first-order valence-corrected chi connectivity index (χ1v) is 6.07. The van der Waals surface area contributed by atoms with Gasteiger partial charge in [0.15, 0.2) is 0 Å². The molecule has 0 radical (unpaired) electrons. The second-order valence-electron chi connectivity index (χ2n) is 4.86. The molecule has 0 saturated carbocycles. The van der Waals surface area contributed by atoms with Crippen LogP contribution in [0.2, 0.25) is 0 Å². The Hall–Kier alpha value is -2.11. The number of amides is 1. The van der Waals surface area contributed by atoms with Gasteiger partial charge in [0, 0.05) is 19.3 Å². The van der Waals surface area contributed by atoms with Gasteiger partial charge in [-0.2, -0.15) is 0 Å². The number of hydrogen-bond donors (Lipinski definition) is 1. The number of carbonyl (C=O) groups is 2. The fraction of sp³-hybridized carbons (Fsp3) is 0.462. The van der Waals surface area contributed by atoms with Crippen LogP contribution in [-0.4, -0.2) is 42.6 Å². The van der Waals surface area contributed by atoms with E-state index < -0.39 is 11.5 Å². The van der Waals surface area contributed by atoms with Gasteiger partial charge in [-0.25, -0.2) is 9.78 Å². The molecule has 2 heterocycles. The molecule has 1 N–H and O–H groups in total. The van der Waals surface area contributed by atoms with E-state index in [0.717, 1.165) is 0 Å². The number of carbonyl (C=O) groups excluding carboxylic acids is 2. The van der Waals surface area contributed by atoms with Crippen molar-refractivity contribution in [3.8, 4) is 0 Å². The highest BCUT2D eigenvalue weighted by atomic mass is 16.5. The average Bonchev–Trinajstić information content (AvgIpc) is 2.41. The molecule has 0 aliphatic carbocycles. The summed E-state index contributed by atoms with van der Waals surface area (Å²) in [6, 6.07) is 3.23. The number of ether oxygens (including phenoxy) is 1. The molecule has 102 valence electrons. The Bertz CT molecular complexity index is 514. The first-order valence-electron chi connectivity index (χ1n) is 6.07. The van der Waals surface area contributed by atoms with Crippen LogP contribution in [-0.2, 0) is 9.53 Å². The van der Waals surface area contributed by atoms with Crippen molar-refractivity contribution in [2.75, 3.05) is 25.1 Å². The third kappa shape index (κ3) is 2.38. The van der Waals surface area contributed by atoms with Crippen molar-refractivity contribution in [1.82, 2.24) is 10.3 Å². The van der Waals surface area contributed by atoms with Gasteiger partial charge < -0.3 is 15.0 Å². The molecule has 0 bridgehead atoms. The number of nitrogens with one attached hydrogen (secondary N) is 1. The number of piperazine rings is 1. The lowest BCUT2D eigenvalue weighted by Crippen LogP contribution is -2.62. The van der Waals surface area contributed by atoms with Crippen molar-refractivity contribution in [1.29, 1.82) is 0 Å². The Kier molecular flexibility index (Phi) is 3.42. The molecule has 0 aromatic carbocycles. The highest BCUT2D eigenvalue weighted by Gasteiger charge is 2.38. The predicted molar refractivity (Wildman–Crippen MR) is 70.0 cm³/mol. The SMILES string of the molecule is COC(=O)c1ccnc(N2CCNC(=O)C2(C)C)c1. The van der Waals surface area contributed by atoms with Gasteiger partial charge in [-0.05, 0) is 26.0 Å². The number of hydrogen-bond acceptors (Lipinski definition) is 5. The van der Waals surface area contributed by atoms with Gasteiger partial charge in [-0.1, -0.05) is 0 Å². The molecule has 1 aromatic rings. The monoisotopic (exact) mass is 263 g/mol. The average molecular weight is 263 g/mol. The van der Waals surface area contributed by atoms with E-state index in [2.05, 4.69) is 15.0 Å². The van der Waals surface area contributed by atoms with Gasteiger partial charge in [0.25, 0.3) is 0 Å². The molecule has 6 nitrogen and oxygen atoms in total. The maximum atomic E-state index is 11.9. The smallest absolute Gasteiger partial charge is 0.338 e. The fourth-order valence-corrected chi connectivity index (χ4v) is 2.11. The Balaban J connectivity index is 2.36. The second-order valence-corrected chi connectivity index (χ2v) is 4.86. The molecular weight excluding hydrogens is 246 g/mol. The van der Waals surface area contributed by atoms with Crippen molar-refractivity contribution in [3.05, 3.63) is 23.9 Å². The first kappa shape index (κ1) is 13.3. The third-order valence-electron chi connectivity index (χ3n) is 3.29. The minimum absolute atomic E-state index is 0.0518. The van der Waals surface area contributed by atoms with E-state index in [1.165, 1.54) is 7.11 Å². The van der Waals surface area contributed by atoms with Crippen LogP contribution in [0.25, 0.3) is 0 Å². The first-order chi connectivity index (χ1) is 8.96. The van der Waals surface area contributed by atoms with E-state index in [-0.39, 0.29) is 5.91 Å². The summed E-state index contributed by atoms with van der Waals surface area (Å²) in [6.45, 7) is 4.87. The number of pyridine rings is 1. The number of aromatic nitrogens is 1. The summed E-state index contributed by atoms with van der Waals surface area (Å²) in [5.41, 5.74) is -0.269. The zero-order valence-electron chi connectivity index (χ0n) is 11.3. The fourth-order valence-electron chi connectivity index (χ4n) is 2.11. The molecule has 2 rings (SSSR count). The number of rotatable bonds is 2. The highest BCUT2D eigenvalue weighted by Crippen LogP contribution is 2.25. The van der Waals surface area contributed by atoms with Gasteiger partial charge in [0.1, 0.15) is 11.4 Å². The molecule has 1 saturated heterocycles. The van der Waals surface area contributed by atoms with Crippen molar-refractivity contribution in [2.45, 2.75) is 19.4 Å². The maximum absolute atomic E-state index is 11.9. The molecule has 1 aliphatic heterocycles. The lowest BCUT2D eigenvalue weighted by molar-refractivity contribution is -0.126. The largest absolute Gasteiger partial charge is 0.465 e. The van der Waals surface area contributed by atoms with Crippen molar-refractivity contribution in [3.63, 3.8) is 0 Å². The van der Waals surface area contributed by atoms with Crippen LogP contribution in [0.3, 0.4) is 0 Å². The van der Waals surface area contributed by atoms with E-state index >= 15 is 0 Å². The van der Waals surface area contributed by atoms with Crippen LogP contribution in [0.5, 0.6) is 0 Å². The number of anilines is 1. The summed E-state index contributed by atoms with van der Waals surface area (Å²) in [5.74, 6) is 0.134. The Labute approximate surface area is 111 Å². The maximum Gasteiger partial charge on any atom is 0.338 e. The molecular formula is C13H17N3O3. The van der Waals surface area contributed by atoms with Gasteiger partial charge in [-0.15, -0.1) is 0 Å². The summed E-state index contributed by atoms with van der Waals surface area (Å²) in [7, 11) is 1.33. The summed E-state index contributed by atoms with van der Waals surface area (Å²) in [4.78, 5) is 29.6. The van der Waals surface area contributed by atoms with Crippen molar-refractivity contribution < 1.29 is 14.3 Å². The van der Waals surface area contributed by atoms with Crippen molar-refractivity contribution >= 4 is 17.7 Å². The summed E-state index contributed by atoms with van der Waals surface area (Å²) in [5, 5.41) is 2.82. The van der Waals surface area contributed by atoms with Gasteiger partial charge >= 0.3 is 5.97 Å².